The molecule has 6 nitrogen and oxygen atoms in total. The fourth-order valence-corrected chi connectivity index (χ4v) is 3.71. The molecule has 30 heavy (non-hydrogen) atoms. The molecule has 0 saturated carbocycles. The minimum atomic E-state index is -4.35. The van der Waals surface area contributed by atoms with Gasteiger partial charge in [0.25, 0.3) is 5.56 Å². The van der Waals surface area contributed by atoms with E-state index in [4.69, 9.17) is 12.2 Å². The van der Waals surface area contributed by atoms with Crippen LogP contribution in [0.1, 0.15) is 11.1 Å². The van der Waals surface area contributed by atoms with Crippen LogP contribution >= 0.6 is 12.2 Å². The molecule has 4 rings (SSSR count). The number of para-hydroxylation sites is 1. The van der Waals surface area contributed by atoms with Gasteiger partial charge in [0.2, 0.25) is 10.5 Å². The van der Waals surface area contributed by atoms with E-state index in [9.17, 15) is 18.0 Å². The molecule has 156 valence electrons. The number of rotatable bonds is 4. The standard InChI is InChI=1S/C20H18F3N5OS/c1-25(11-13-7-9-14(10-8-13)20(21,22)23)12-27-19(30)28-16-6-4-3-5-15(16)17(29)26(2)18(28)24-27/h3-10H,11-12H2,1-2H3. The molecule has 4 aromatic rings. The second-order valence-corrected chi connectivity index (χ2v) is 7.51. The van der Waals surface area contributed by atoms with Gasteiger partial charge in [0.1, 0.15) is 0 Å². The predicted octanol–water partition coefficient (Wildman–Crippen LogP) is 3.83. The van der Waals surface area contributed by atoms with Gasteiger partial charge in [-0.25, -0.2) is 4.68 Å². The van der Waals surface area contributed by atoms with Gasteiger partial charge in [-0.3, -0.25) is 18.7 Å². The lowest BCUT2D eigenvalue weighted by atomic mass is 10.1. The number of benzene rings is 2. The molecule has 0 atom stereocenters. The van der Waals surface area contributed by atoms with E-state index < -0.39 is 11.7 Å². The highest BCUT2D eigenvalue weighted by atomic mass is 32.1. The van der Waals surface area contributed by atoms with Crippen LogP contribution in [0, 0.1) is 4.77 Å². The van der Waals surface area contributed by atoms with Crippen molar-refractivity contribution in [2.45, 2.75) is 19.4 Å². The van der Waals surface area contributed by atoms with Crippen LogP contribution in [0.3, 0.4) is 0 Å². The molecule has 2 aromatic carbocycles. The number of hydrogen-bond donors (Lipinski definition) is 0. The average Bonchev–Trinajstić information content (AvgIpc) is 3.02. The van der Waals surface area contributed by atoms with Crippen LogP contribution in [0.5, 0.6) is 0 Å². The molecule has 0 amide bonds. The lowest BCUT2D eigenvalue weighted by Gasteiger charge is -2.16. The van der Waals surface area contributed by atoms with E-state index >= 15 is 0 Å². The Balaban J connectivity index is 1.65. The number of hydrogen-bond acceptors (Lipinski definition) is 4. The summed E-state index contributed by atoms with van der Waals surface area (Å²) in [6.07, 6.45) is -4.35. The van der Waals surface area contributed by atoms with E-state index in [2.05, 4.69) is 5.10 Å². The van der Waals surface area contributed by atoms with Gasteiger partial charge in [-0.2, -0.15) is 13.2 Å². The van der Waals surface area contributed by atoms with Crippen molar-refractivity contribution in [2.24, 2.45) is 7.05 Å². The normalized spacial score (nSPS) is 12.3. The summed E-state index contributed by atoms with van der Waals surface area (Å²) in [5.74, 6) is 0.423. The van der Waals surface area contributed by atoms with Gasteiger partial charge in [-0.05, 0) is 49.1 Å². The molecular weight excluding hydrogens is 415 g/mol. The third kappa shape index (κ3) is 3.52. The summed E-state index contributed by atoms with van der Waals surface area (Å²) >= 11 is 5.59. The van der Waals surface area contributed by atoms with E-state index in [1.807, 2.05) is 24.1 Å². The Morgan fingerprint density at radius 2 is 1.77 bits per heavy atom. The quantitative estimate of drug-likeness (QED) is 0.459. The van der Waals surface area contributed by atoms with Crippen molar-refractivity contribution in [1.82, 2.24) is 23.6 Å². The van der Waals surface area contributed by atoms with Crippen LogP contribution in [0.15, 0.2) is 53.3 Å². The van der Waals surface area contributed by atoms with E-state index in [-0.39, 0.29) is 5.56 Å². The first kappa shape index (κ1) is 20.3. The zero-order valence-corrected chi connectivity index (χ0v) is 17.0. The molecule has 0 aliphatic rings. The second-order valence-electron chi connectivity index (χ2n) is 7.15. The molecule has 0 bridgehead atoms. The van der Waals surface area contributed by atoms with Crippen LogP contribution in [0.2, 0.25) is 0 Å². The van der Waals surface area contributed by atoms with Crippen molar-refractivity contribution < 1.29 is 13.2 Å². The molecule has 2 aromatic heterocycles. The van der Waals surface area contributed by atoms with Gasteiger partial charge in [-0.1, -0.05) is 24.3 Å². The average molecular weight is 433 g/mol. The fourth-order valence-electron chi connectivity index (χ4n) is 3.43. The Morgan fingerprint density at radius 1 is 1.10 bits per heavy atom. The highest BCUT2D eigenvalue weighted by molar-refractivity contribution is 7.71. The first-order valence-electron chi connectivity index (χ1n) is 9.09. The number of fused-ring (bicyclic) bond motifs is 3. The molecule has 0 fully saturated rings. The van der Waals surface area contributed by atoms with Gasteiger partial charge in [0, 0.05) is 13.6 Å². The highest BCUT2D eigenvalue weighted by Gasteiger charge is 2.29. The Bertz CT molecular complexity index is 1350. The molecule has 0 aliphatic carbocycles. The lowest BCUT2D eigenvalue weighted by Crippen LogP contribution is -2.22. The molecule has 0 saturated heterocycles. The Hall–Kier alpha value is -2.98. The monoisotopic (exact) mass is 433 g/mol. The number of halogens is 3. The SMILES string of the molecule is CN(Cc1ccc(C(F)(F)F)cc1)Cn1nc2n(C)c(=O)c3ccccc3n2c1=S. The molecule has 0 unspecified atom stereocenters. The van der Waals surface area contributed by atoms with E-state index in [1.54, 1.807) is 28.3 Å². The van der Waals surface area contributed by atoms with Gasteiger partial charge in [0.15, 0.2) is 0 Å². The molecule has 0 spiro atoms. The molecule has 0 radical (unpaired) electrons. The maximum atomic E-state index is 12.7. The van der Waals surface area contributed by atoms with Crippen LogP contribution in [-0.4, -0.2) is 30.7 Å². The van der Waals surface area contributed by atoms with Crippen LogP contribution in [0.4, 0.5) is 13.2 Å². The van der Waals surface area contributed by atoms with E-state index in [1.165, 1.54) is 16.7 Å². The first-order valence-corrected chi connectivity index (χ1v) is 9.49. The van der Waals surface area contributed by atoms with Crippen molar-refractivity contribution in [3.63, 3.8) is 0 Å². The summed E-state index contributed by atoms with van der Waals surface area (Å²) in [4.78, 5) is 14.5. The topological polar surface area (TPSA) is 47.5 Å². The molecule has 0 N–H and O–H groups in total. The fraction of sp³-hybridized carbons (Fsp3) is 0.250. The summed E-state index contributed by atoms with van der Waals surface area (Å²) in [5, 5.41) is 5.04. The van der Waals surface area contributed by atoms with Crippen LogP contribution in [-0.2, 0) is 26.4 Å². The second kappa shape index (κ2) is 7.37. The largest absolute Gasteiger partial charge is 0.416 e. The van der Waals surface area contributed by atoms with Crippen LogP contribution < -0.4 is 5.56 Å². The van der Waals surface area contributed by atoms with Crippen molar-refractivity contribution in [1.29, 1.82) is 0 Å². The van der Waals surface area contributed by atoms with E-state index in [0.717, 1.165) is 17.7 Å². The van der Waals surface area contributed by atoms with Gasteiger partial charge >= 0.3 is 6.18 Å². The van der Waals surface area contributed by atoms with Crippen molar-refractivity contribution >= 4 is 28.9 Å². The Kier molecular flexibility index (Phi) is 4.99. The van der Waals surface area contributed by atoms with Gasteiger partial charge in [-0.15, -0.1) is 5.10 Å². The number of alkyl halides is 3. The van der Waals surface area contributed by atoms with Gasteiger partial charge < -0.3 is 0 Å². The molecule has 10 heteroatoms. The zero-order chi connectivity index (χ0) is 21.6. The van der Waals surface area contributed by atoms with Crippen molar-refractivity contribution in [2.75, 3.05) is 7.05 Å². The predicted molar refractivity (Wildman–Crippen MR) is 110 cm³/mol. The zero-order valence-electron chi connectivity index (χ0n) is 16.2. The first-order chi connectivity index (χ1) is 14.2. The van der Waals surface area contributed by atoms with Crippen molar-refractivity contribution in [3.05, 3.63) is 74.8 Å². The highest BCUT2D eigenvalue weighted by Crippen LogP contribution is 2.29. The summed E-state index contributed by atoms with van der Waals surface area (Å²) in [5.41, 5.74) is 0.573. The van der Waals surface area contributed by atoms with Gasteiger partial charge in [0.05, 0.1) is 23.1 Å². The summed E-state index contributed by atoms with van der Waals surface area (Å²) in [6.45, 7) is 0.720. The van der Waals surface area contributed by atoms with Crippen molar-refractivity contribution in [3.8, 4) is 0 Å². The Labute approximate surface area is 174 Å². The number of nitrogens with zero attached hydrogens (tertiary/aromatic N) is 5. The lowest BCUT2D eigenvalue weighted by molar-refractivity contribution is -0.137. The molecule has 2 heterocycles. The third-order valence-electron chi connectivity index (χ3n) is 4.91. The third-order valence-corrected chi connectivity index (χ3v) is 5.30. The summed E-state index contributed by atoms with van der Waals surface area (Å²) in [6, 6.07) is 12.2. The molecular formula is C20H18F3N5OS. The Morgan fingerprint density at radius 3 is 2.43 bits per heavy atom. The smallest absolute Gasteiger partial charge is 0.283 e. The minimum Gasteiger partial charge on any atom is -0.283 e. The number of aryl methyl sites for hydroxylation is 1. The maximum absolute atomic E-state index is 12.7. The maximum Gasteiger partial charge on any atom is 0.416 e. The number of aromatic nitrogens is 4. The minimum absolute atomic E-state index is 0.164. The molecule has 0 aliphatic heterocycles. The van der Waals surface area contributed by atoms with Crippen LogP contribution in [0.25, 0.3) is 16.7 Å². The van der Waals surface area contributed by atoms with E-state index in [0.29, 0.717) is 34.7 Å². The summed E-state index contributed by atoms with van der Waals surface area (Å²) < 4.78 is 43.4. The summed E-state index contributed by atoms with van der Waals surface area (Å²) in [7, 11) is 3.46.